The molecule has 5 N–H and O–H groups in total. The summed E-state index contributed by atoms with van der Waals surface area (Å²) in [5.74, 6) is -1.79. The number of nitrogens with two attached hydrogens (primary N) is 1. The van der Waals surface area contributed by atoms with Gasteiger partial charge in [-0.05, 0) is 6.07 Å². The molecular formula is C8H9NO4. The molecule has 5 nitrogen and oxygen atoms in total. The largest absolute Gasteiger partial charge is 0.508 e. The van der Waals surface area contributed by atoms with E-state index >= 15 is 0 Å². The highest BCUT2D eigenvalue weighted by Gasteiger charge is 2.10. The Kier molecular flexibility index (Phi) is 2.27. The van der Waals surface area contributed by atoms with Crippen molar-refractivity contribution in [3.63, 3.8) is 0 Å². The molecule has 0 bridgehead atoms. The van der Waals surface area contributed by atoms with Gasteiger partial charge in [0.2, 0.25) is 5.91 Å². The zero-order valence-corrected chi connectivity index (χ0v) is 6.69. The standard InChI is InChI=1S/C8H9NO4/c9-7(12)2-4-1-5(10)3-6(11)8(4)13/h1,3,10-11,13H,2H2,(H2,9,12). The number of carbonyl (C=O) groups is 1. The summed E-state index contributed by atoms with van der Waals surface area (Å²) in [7, 11) is 0. The van der Waals surface area contributed by atoms with Crippen molar-refractivity contribution in [3.05, 3.63) is 17.7 Å². The minimum absolute atomic E-state index is 0.102. The fourth-order valence-electron chi connectivity index (χ4n) is 0.984. The van der Waals surface area contributed by atoms with Gasteiger partial charge in [-0.1, -0.05) is 0 Å². The van der Waals surface area contributed by atoms with E-state index in [4.69, 9.17) is 15.9 Å². The molecule has 1 amide bonds. The summed E-state index contributed by atoms with van der Waals surface area (Å²) in [4.78, 5) is 10.5. The van der Waals surface area contributed by atoms with E-state index in [1.807, 2.05) is 0 Å². The summed E-state index contributed by atoms with van der Waals surface area (Å²) in [5, 5.41) is 27.2. The zero-order chi connectivity index (χ0) is 10.0. The van der Waals surface area contributed by atoms with Gasteiger partial charge in [-0.2, -0.15) is 0 Å². The molecule has 1 aromatic rings. The molecular weight excluding hydrogens is 174 g/mol. The first-order valence-electron chi connectivity index (χ1n) is 3.53. The van der Waals surface area contributed by atoms with Gasteiger partial charge in [0, 0.05) is 11.6 Å². The second-order valence-corrected chi connectivity index (χ2v) is 2.62. The number of hydrogen-bond acceptors (Lipinski definition) is 4. The molecule has 0 aromatic heterocycles. The average Bonchev–Trinajstić information content (AvgIpc) is 1.98. The summed E-state index contributed by atoms with van der Waals surface area (Å²) >= 11 is 0. The second kappa shape index (κ2) is 3.22. The Hall–Kier alpha value is -1.91. The van der Waals surface area contributed by atoms with E-state index in [0.29, 0.717) is 0 Å². The Labute approximate surface area is 74.0 Å². The molecule has 0 aliphatic rings. The first kappa shape index (κ1) is 9.18. The van der Waals surface area contributed by atoms with Crippen LogP contribution in [0.25, 0.3) is 0 Å². The number of benzene rings is 1. The molecule has 1 aromatic carbocycles. The van der Waals surface area contributed by atoms with Crippen molar-refractivity contribution >= 4 is 5.91 Å². The monoisotopic (exact) mass is 183 g/mol. The number of phenols is 3. The summed E-state index contributed by atoms with van der Waals surface area (Å²) in [5.41, 5.74) is 4.98. The molecule has 0 aliphatic carbocycles. The number of carbonyl (C=O) groups excluding carboxylic acids is 1. The number of aromatic hydroxyl groups is 3. The molecule has 13 heavy (non-hydrogen) atoms. The van der Waals surface area contributed by atoms with Crippen molar-refractivity contribution in [2.75, 3.05) is 0 Å². The van der Waals surface area contributed by atoms with Gasteiger partial charge in [0.1, 0.15) is 5.75 Å². The van der Waals surface area contributed by atoms with Crippen LogP contribution in [-0.2, 0) is 11.2 Å². The third-order valence-electron chi connectivity index (χ3n) is 1.52. The number of phenolic OH excluding ortho intramolecular Hbond substituents is 3. The normalized spacial score (nSPS) is 9.85. The molecule has 5 heteroatoms. The van der Waals surface area contributed by atoms with Crippen molar-refractivity contribution in [2.24, 2.45) is 5.73 Å². The van der Waals surface area contributed by atoms with Crippen molar-refractivity contribution in [1.29, 1.82) is 0 Å². The summed E-state index contributed by atoms with van der Waals surface area (Å²) < 4.78 is 0. The molecule has 0 atom stereocenters. The Balaban J connectivity index is 3.12. The van der Waals surface area contributed by atoms with Crippen LogP contribution in [0.1, 0.15) is 5.56 Å². The Morgan fingerprint density at radius 3 is 2.46 bits per heavy atom. The van der Waals surface area contributed by atoms with Crippen molar-refractivity contribution in [2.45, 2.75) is 6.42 Å². The van der Waals surface area contributed by atoms with Crippen molar-refractivity contribution in [3.8, 4) is 17.2 Å². The van der Waals surface area contributed by atoms with Crippen LogP contribution in [0, 0.1) is 0 Å². The molecule has 0 spiro atoms. The van der Waals surface area contributed by atoms with E-state index in [1.54, 1.807) is 0 Å². The maximum Gasteiger partial charge on any atom is 0.221 e. The summed E-state index contributed by atoms with van der Waals surface area (Å²) in [6, 6.07) is 2.14. The number of amides is 1. The summed E-state index contributed by atoms with van der Waals surface area (Å²) in [6.07, 6.45) is -0.228. The lowest BCUT2D eigenvalue weighted by molar-refractivity contribution is -0.117. The van der Waals surface area contributed by atoms with Crippen LogP contribution in [0.2, 0.25) is 0 Å². The molecule has 70 valence electrons. The van der Waals surface area contributed by atoms with Gasteiger partial charge >= 0.3 is 0 Å². The second-order valence-electron chi connectivity index (χ2n) is 2.62. The number of hydrogen-bond donors (Lipinski definition) is 4. The molecule has 0 saturated heterocycles. The molecule has 0 radical (unpaired) electrons. The maximum atomic E-state index is 10.5. The molecule has 0 unspecified atom stereocenters. The van der Waals surface area contributed by atoms with Crippen LogP contribution in [0.4, 0.5) is 0 Å². The first-order valence-corrected chi connectivity index (χ1v) is 3.53. The third-order valence-corrected chi connectivity index (χ3v) is 1.52. The SMILES string of the molecule is NC(=O)Cc1cc(O)cc(O)c1O. The fourth-order valence-corrected chi connectivity index (χ4v) is 0.984. The number of primary amides is 1. The van der Waals surface area contributed by atoms with Crippen LogP contribution in [-0.4, -0.2) is 21.2 Å². The predicted molar refractivity (Wildman–Crippen MR) is 44.3 cm³/mol. The van der Waals surface area contributed by atoms with E-state index in [1.165, 1.54) is 6.07 Å². The minimum atomic E-state index is -0.652. The Morgan fingerprint density at radius 2 is 1.92 bits per heavy atom. The van der Waals surface area contributed by atoms with Crippen LogP contribution >= 0.6 is 0 Å². The van der Waals surface area contributed by atoms with Crippen LogP contribution in [0.15, 0.2) is 12.1 Å². The lowest BCUT2D eigenvalue weighted by Crippen LogP contribution is -2.13. The smallest absolute Gasteiger partial charge is 0.221 e. The molecule has 0 fully saturated rings. The van der Waals surface area contributed by atoms with E-state index in [9.17, 15) is 9.90 Å². The molecule has 1 rings (SSSR count). The molecule has 0 saturated carbocycles. The highest BCUT2D eigenvalue weighted by atomic mass is 16.3. The van der Waals surface area contributed by atoms with Gasteiger partial charge in [-0.15, -0.1) is 0 Å². The van der Waals surface area contributed by atoms with E-state index in [2.05, 4.69) is 0 Å². The van der Waals surface area contributed by atoms with E-state index < -0.39 is 17.4 Å². The lowest BCUT2D eigenvalue weighted by atomic mass is 10.1. The quantitative estimate of drug-likeness (QED) is 0.377. The van der Waals surface area contributed by atoms with Gasteiger partial charge < -0.3 is 21.1 Å². The van der Waals surface area contributed by atoms with E-state index in [-0.39, 0.29) is 17.7 Å². The van der Waals surface area contributed by atoms with E-state index in [0.717, 1.165) is 6.07 Å². The van der Waals surface area contributed by atoms with Gasteiger partial charge in [-0.25, -0.2) is 0 Å². The zero-order valence-electron chi connectivity index (χ0n) is 6.69. The van der Waals surface area contributed by atoms with Crippen molar-refractivity contribution in [1.82, 2.24) is 0 Å². The van der Waals surface area contributed by atoms with Gasteiger partial charge in [0.15, 0.2) is 11.5 Å². The molecule has 0 aliphatic heterocycles. The maximum absolute atomic E-state index is 10.5. The highest BCUT2D eigenvalue weighted by Crippen LogP contribution is 2.33. The number of rotatable bonds is 2. The van der Waals surface area contributed by atoms with Crippen LogP contribution in [0.5, 0.6) is 17.2 Å². The van der Waals surface area contributed by atoms with Gasteiger partial charge in [0.25, 0.3) is 0 Å². The third kappa shape index (κ3) is 2.02. The highest BCUT2D eigenvalue weighted by molar-refractivity contribution is 5.78. The Morgan fingerprint density at radius 1 is 1.31 bits per heavy atom. The lowest BCUT2D eigenvalue weighted by Gasteiger charge is -2.04. The van der Waals surface area contributed by atoms with Crippen LogP contribution in [0.3, 0.4) is 0 Å². The summed E-state index contributed by atoms with van der Waals surface area (Å²) in [6.45, 7) is 0. The predicted octanol–water partition coefficient (Wildman–Crippen LogP) is -0.169. The fraction of sp³-hybridized carbons (Fsp3) is 0.125. The average molecular weight is 183 g/mol. The van der Waals surface area contributed by atoms with Gasteiger partial charge in [-0.3, -0.25) is 4.79 Å². The topological polar surface area (TPSA) is 104 Å². The first-order chi connectivity index (χ1) is 6.00. The minimum Gasteiger partial charge on any atom is -0.508 e. The Bertz CT molecular complexity index is 348. The van der Waals surface area contributed by atoms with Crippen molar-refractivity contribution < 1.29 is 20.1 Å². The molecule has 0 heterocycles. The van der Waals surface area contributed by atoms with Gasteiger partial charge in [0.05, 0.1) is 6.42 Å². The van der Waals surface area contributed by atoms with Crippen LogP contribution < -0.4 is 5.73 Å².